The van der Waals surface area contributed by atoms with E-state index in [4.69, 9.17) is 10.2 Å². The maximum atomic E-state index is 12.8. The standard InChI is InChI=1S/C21H17N5O7S4/c22-20-23-9(6-35-20)13(25-32)16(28)24-14-17(29)26-7-21(19(30)31,8-36-18(14)26)2-4-34-12-5-10(27)15-11(37-12)1-3-33-15/h1-6,14,18,32H,7-8H2,(H2,22,23)(H,24,28)(H,30,31)/t14?,18-,21?/m1/s1. The van der Waals surface area contributed by atoms with Crippen LogP contribution in [0.2, 0.25) is 0 Å². The number of anilines is 1. The van der Waals surface area contributed by atoms with E-state index in [1.807, 2.05) is 0 Å². The molecule has 192 valence electrons. The molecule has 37 heavy (non-hydrogen) atoms. The van der Waals surface area contributed by atoms with Crippen LogP contribution < -0.4 is 16.5 Å². The molecule has 0 spiro atoms. The van der Waals surface area contributed by atoms with Crippen LogP contribution in [0.4, 0.5) is 5.13 Å². The smallest absolute Gasteiger partial charge is 0.316 e. The monoisotopic (exact) mass is 579 g/mol. The summed E-state index contributed by atoms with van der Waals surface area (Å²) < 4.78 is 6.53. The molecule has 0 radical (unpaired) electrons. The third kappa shape index (κ3) is 4.60. The quantitative estimate of drug-likeness (QED) is 0.105. The number of hydrogen-bond donors (Lipinski definition) is 4. The Balaban J connectivity index is 1.26. The van der Waals surface area contributed by atoms with E-state index in [0.717, 1.165) is 11.3 Å². The van der Waals surface area contributed by atoms with Crippen molar-refractivity contribution < 1.29 is 29.1 Å². The van der Waals surface area contributed by atoms with Crippen molar-refractivity contribution in [1.82, 2.24) is 15.2 Å². The van der Waals surface area contributed by atoms with Gasteiger partial charge in [0.2, 0.25) is 11.3 Å². The first kappa shape index (κ1) is 25.3. The van der Waals surface area contributed by atoms with E-state index in [9.17, 15) is 29.5 Å². The molecule has 2 unspecified atom stereocenters. The number of carbonyl (C=O) groups is 3. The Morgan fingerprint density at radius 1 is 1.41 bits per heavy atom. The number of nitrogen functional groups attached to an aromatic ring is 1. The van der Waals surface area contributed by atoms with Crippen molar-refractivity contribution in [1.29, 1.82) is 0 Å². The predicted octanol–water partition coefficient (Wildman–Crippen LogP) is 1.85. The summed E-state index contributed by atoms with van der Waals surface area (Å²) in [5.74, 6) is -2.19. The average Bonchev–Trinajstić information content (AvgIpc) is 3.52. The first-order valence-electron chi connectivity index (χ1n) is 10.5. The zero-order valence-corrected chi connectivity index (χ0v) is 21.8. The number of thioether (sulfide) groups is 2. The number of oxime groups is 1. The maximum Gasteiger partial charge on any atom is 0.316 e. The third-order valence-electron chi connectivity index (χ3n) is 5.78. The van der Waals surface area contributed by atoms with E-state index in [1.54, 1.807) is 11.5 Å². The summed E-state index contributed by atoms with van der Waals surface area (Å²) in [6, 6.07) is 2.22. The topological polar surface area (TPSA) is 188 Å². The van der Waals surface area contributed by atoms with Crippen LogP contribution in [0.25, 0.3) is 10.3 Å². The van der Waals surface area contributed by atoms with Crippen molar-refractivity contribution in [3.63, 3.8) is 0 Å². The van der Waals surface area contributed by atoms with E-state index in [0.29, 0.717) is 8.91 Å². The number of rotatable bonds is 7. The van der Waals surface area contributed by atoms with E-state index in [-0.39, 0.29) is 39.8 Å². The van der Waals surface area contributed by atoms with Gasteiger partial charge in [-0.3, -0.25) is 19.2 Å². The molecule has 5 N–H and O–H groups in total. The van der Waals surface area contributed by atoms with Gasteiger partial charge in [0, 0.05) is 23.7 Å². The Bertz CT molecular complexity index is 1530. The Hall–Kier alpha value is -3.34. The lowest BCUT2D eigenvalue weighted by Gasteiger charge is -2.53. The minimum atomic E-state index is -1.35. The Labute approximate surface area is 224 Å². The normalized spacial score (nSPS) is 23.7. The Kier molecular flexibility index (Phi) is 6.74. The molecule has 2 saturated heterocycles. The van der Waals surface area contributed by atoms with E-state index in [2.05, 4.69) is 15.5 Å². The van der Waals surface area contributed by atoms with E-state index in [1.165, 1.54) is 63.5 Å². The molecule has 2 amide bonds. The number of aliphatic carboxylic acids is 1. The van der Waals surface area contributed by atoms with Gasteiger partial charge in [0.15, 0.2) is 16.4 Å². The second-order valence-corrected chi connectivity index (χ2v) is 12.3. The molecule has 3 aromatic heterocycles. The van der Waals surface area contributed by atoms with Crippen molar-refractivity contribution in [2.45, 2.75) is 15.6 Å². The number of amides is 2. The minimum absolute atomic E-state index is 0.0758. The lowest BCUT2D eigenvalue weighted by atomic mass is 9.87. The van der Waals surface area contributed by atoms with Gasteiger partial charge in [-0.1, -0.05) is 23.0 Å². The summed E-state index contributed by atoms with van der Waals surface area (Å²) in [7, 11) is 0. The summed E-state index contributed by atoms with van der Waals surface area (Å²) in [4.78, 5) is 55.1. The highest BCUT2D eigenvalue weighted by molar-refractivity contribution is 8.04. The summed E-state index contributed by atoms with van der Waals surface area (Å²) in [6.07, 6.45) is 2.97. The number of furan rings is 1. The van der Waals surface area contributed by atoms with Gasteiger partial charge in [0.05, 0.1) is 15.2 Å². The molecule has 2 aliphatic rings. The van der Waals surface area contributed by atoms with Gasteiger partial charge in [0.1, 0.15) is 22.5 Å². The van der Waals surface area contributed by atoms with Crippen molar-refractivity contribution in [3.8, 4) is 0 Å². The second-order valence-electron chi connectivity index (χ2n) is 8.06. The zero-order valence-electron chi connectivity index (χ0n) is 18.5. The van der Waals surface area contributed by atoms with E-state index < -0.39 is 34.6 Å². The Morgan fingerprint density at radius 3 is 2.92 bits per heavy atom. The third-order valence-corrected chi connectivity index (χ3v) is 10.0. The molecule has 12 nitrogen and oxygen atoms in total. The highest BCUT2D eigenvalue weighted by atomic mass is 32.2. The van der Waals surface area contributed by atoms with Crippen molar-refractivity contribution in [2.24, 2.45) is 10.6 Å². The van der Waals surface area contributed by atoms with Crippen LogP contribution >= 0.6 is 46.2 Å². The molecule has 5 rings (SSSR count). The van der Waals surface area contributed by atoms with E-state index >= 15 is 0 Å². The first-order chi connectivity index (χ1) is 17.7. The number of carboxylic acids is 1. The number of aromatic nitrogens is 1. The number of fused-ring (bicyclic) bond motifs is 2. The molecule has 2 fully saturated rings. The molecule has 16 heteroatoms. The van der Waals surface area contributed by atoms with Gasteiger partial charge in [-0.05, 0) is 11.5 Å². The molecule has 0 saturated carbocycles. The lowest BCUT2D eigenvalue weighted by molar-refractivity contribution is -0.156. The van der Waals surface area contributed by atoms with Crippen LogP contribution in [0.1, 0.15) is 5.69 Å². The largest absolute Gasteiger partial charge is 0.481 e. The van der Waals surface area contributed by atoms with Gasteiger partial charge in [-0.2, -0.15) is 0 Å². The number of hydrogen-bond acceptors (Lipinski definition) is 13. The number of carboxylic acid groups (broad SMARTS) is 1. The van der Waals surface area contributed by atoms with Crippen LogP contribution in [0, 0.1) is 5.41 Å². The summed E-state index contributed by atoms with van der Waals surface area (Å²) in [5, 5.41) is 27.6. The molecule has 5 heterocycles. The molecule has 2 aliphatic heterocycles. The van der Waals surface area contributed by atoms with Crippen LogP contribution in [-0.4, -0.2) is 67.4 Å². The maximum absolute atomic E-state index is 12.8. The second kappa shape index (κ2) is 9.85. The predicted molar refractivity (Wildman–Crippen MR) is 140 cm³/mol. The number of carbonyl (C=O) groups excluding carboxylic acids is 2. The summed E-state index contributed by atoms with van der Waals surface area (Å²) >= 11 is 4.85. The van der Waals surface area contributed by atoms with Crippen molar-refractivity contribution in [3.05, 3.63) is 51.2 Å². The van der Waals surface area contributed by atoms with Crippen LogP contribution in [0.15, 0.2) is 53.8 Å². The fourth-order valence-corrected chi connectivity index (χ4v) is 7.95. The molecule has 0 aromatic carbocycles. The molecule has 0 bridgehead atoms. The average molecular weight is 580 g/mol. The number of nitrogens with one attached hydrogen (secondary N) is 1. The lowest BCUT2D eigenvalue weighted by Crippen LogP contribution is -2.73. The first-order valence-corrected chi connectivity index (χ1v) is 14.1. The molecular formula is C21H17N5O7S4. The van der Waals surface area contributed by atoms with Gasteiger partial charge in [-0.15, -0.1) is 34.4 Å². The SMILES string of the molecule is Nc1nc(C(=NO)C(=O)NC2C(=O)N3CC(C=CSc4cc(=O)c5occc5s4)(C(=O)O)CS[C@H]23)cs1. The summed E-state index contributed by atoms with van der Waals surface area (Å²) in [6.45, 7) is -0.0805. The minimum Gasteiger partial charge on any atom is -0.481 e. The van der Waals surface area contributed by atoms with Crippen molar-refractivity contribution in [2.75, 3.05) is 18.0 Å². The fraction of sp³-hybridized carbons (Fsp3) is 0.238. The van der Waals surface area contributed by atoms with Gasteiger partial charge in [0.25, 0.3) is 5.91 Å². The van der Waals surface area contributed by atoms with Crippen LogP contribution in [0.5, 0.6) is 0 Å². The van der Waals surface area contributed by atoms with Crippen molar-refractivity contribution >= 4 is 85.1 Å². The highest BCUT2D eigenvalue weighted by Gasteiger charge is 2.57. The number of nitrogens with zero attached hydrogens (tertiary/aromatic N) is 3. The Morgan fingerprint density at radius 2 is 2.22 bits per heavy atom. The van der Waals surface area contributed by atoms with Gasteiger partial charge in [-0.25, -0.2) is 4.98 Å². The highest BCUT2D eigenvalue weighted by Crippen LogP contribution is 2.43. The van der Waals surface area contributed by atoms with Crippen LogP contribution in [-0.2, 0) is 14.4 Å². The number of nitrogens with two attached hydrogens (primary N) is 1. The number of β-lactam (4-membered cyclic amide) rings is 1. The molecule has 0 aliphatic carbocycles. The zero-order chi connectivity index (χ0) is 26.3. The van der Waals surface area contributed by atoms with Crippen LogP contribution in [0.3, 0.4) is 0 Å². The van der Waals surface area contributed by atoms with Gasteiger partial charge >= 0.3 is 5.97 Å². The van der Waals surface area contributed by atoms with Gasteiger partial charge < -0.3 is 30.7 Å². The number of thiazole rings is 1. The summed E-state index contributed by atoms with van der Waals surface area (Å²) in [5.41, 5.74) is 3.93. The molecular weight excluding hydrogens is 563 g/mol. The molecule has 3 aromatic rings. The fourth-order valence-electron chi connectivity index (χ4n) is 3.87. The molecule has 3 atom stereocenters.